The summed E-state index contributed by atoms with van der Waals surface area (Å²) < 4.78 is 4.96. The van der Waals surface area contributed by atoms with E-state index in [9.17, 15) is 0 Å². The molecule has 1 aliphatic heterocycles. The standard InChI is InChI=1S/C50H46N4/c1-33-18-25-45-41(29-33)42-31-38(54-44-16-10-9-15-39(44)40-24-17-34(2)30-47(40)54)23-26-46(42)53(45)37-21-19-36(20-22-37)49-51-43(35-13-7-5-8-14-35)32-48(52(49)4)50(3)27-11-6-12-28-50/h5-16,18-27,30-34,49H,17,28-29H2,1-4H3. The second-order valence-corrected chi connectivity index (χ2v) is 16.1. The van der Waals surface area contributed by atoms with Gasteiger partial charge in [0.05, 0.1) is 22.1 Å². The Morgan fingerprint density at radius 1 is 0.778 bits per heavy atom. The van der Waals surface area contributed by atoms with E-state index in [0.717, 1.165) is 30.5 Å². The molecule has 266 valence electrons. The van der Waals surface area contributed by atoms with E-state index in [1.807, 2.05) is 0 Å². The van der Waals surface area contributed by atoms with E-state index in [2.05, 4.69) is 194 Å². The largest absolute Gasteiger partial charge is 0.352 e. The topological polar surface area (TPSA) is 25.5 Å². The van der Waals surface area contributed by atoms with Crippen molar-refractivity contribution < 1.29 is 0 Å². The van der Waals surface area contributed by atoms with E-state index < -0.39 is 0 Å². The fraction of sp³-hybridized carbons (Fsp3) is 0.220. The summed E-state index contributed by atoms with van der Waals surface area (Å²) in [6.07, 6.45) is 23.8. The molecule has 0 N–H and O–H groups in total. The molecule has 0 spiro atoms. The third kappa shape index (κ3) is 5.22. The van der Waals surface area contributed by atoms with Gasteiger partial charge in [-0.3, -0.25) is 4.99 Å². The summed E-state index contributed by atoms with van der Waals surface area (Å²) in [6, 6.07) is 35.8. The lowest BCUT2D eigenvalue weighted by Gasteiger charge is -2.42. The first-order valence-corrected chi connectivity index (χ1v) is 19.6. The molecule has 3 heterocycles. The fourth-order valence-electron chi connectivity index (χ4n) is 9.36. The Bertz CT molecular complexity index is 2750. The fourth-order valence-corrected chi connectivity index (χ4v) is 9.36. The molecule has 0 radical (unpaired) electrons. The molecule has 3 aliphatic carbocycles. The summed E-state index contributed by atoms with van der Waals surface area (Å²) in [4.78, 5) is 7.77. The van der Waals surface area contributed by atoms with Gasteiger partial charge in [-0.1, -0.05) is 124 Å². The smallest absolute Gasteiger partial charge is 0.147 e. The highest BCUT2D eigenvalue weighted by Crippen LogP contribution is 2.43. The van der Waals surface area contributed by atoms with Crippen molar-refractivity contribution in [1.29, 1.82) is 0 Å². The lowest BCUT2D eigenvalue weighted by Crippen LogP contribution is -2.36. The van der Waals surface area contributed by atoms with Crippen LogP contribution in [0.1, 0.15) is 62.2 Å². The van der Waals surface area contributed by atoms with Crippen molar-refractivity contribution in [2.45, 2.75) is 46.2 Å². The van der Waals surface area contributed by atoms with Crippen molar-refractivity contribution in [2.75, 3.05) is 7.05 Å². The van der Waals surface area contributed by atoms with Crippen LogP contribution in [0.2, 0.25) is 0 Å². The molecular weight excluding hydrogens is 657 g/mol. The van der Waals surface area contributed by atoms with Gasteiger partial charge < -0.3 is 14.0 Å². The zero-order chi connectivity index (χ0) is 36.6. The monoisotopic (exact) mass is 702 g/mol. The summed E-state index contributed by atoms with van der Waals surface area (Å²) >= 11 is 0. The molecule has 4 aliphatic rings. The third-order valence-corrected chi connectivity index (χ3v) is 12.2. The first-order chi connectivity index (χ1) is 26.4. The maximum absolute atomic E-state index is 5.39. The predicted molar refractivity (Wildman–Crippen MR) is 227 cm³/mol. The van der Waals surface area contributed by atoms with Gasteiger partial charge in [0.2, 0.25) is 0 Å². The van der Waals surface area contributed by atoms with Gasteiger partial charge in [0.25, 0.3) is 0 Å². The molecule has 4 atom stereocenters. The normalized spacial score (nSPS) is 23.1. The Morgan fingerprint density at radius 2 is 1.56 bits per heavy atom. The van der Waals surface area contributed by atoms with E-state index in [1.54, 1.807) is 0 Å². The zero-order valence-electron chi connectivity index (χ0n) is 31.6. The molecule has 0 amide bonds. The number of fused-ring (bicyclic) bond motifs is 6. The van der Waals surface area contributed by atoms with Gasteiger partial charge in [-0.25, -0.2) is 0 Å². The molecule has 54 heavy (non-hydrogen) atoms. The highest BCUT2D eigenvalue weighted by Gasteiger charge is 2.35. The van der Waals surface area contributed by atoms with E-state index in [4.69, 9.17) is 4.99 Å². The first kappa shape index (κ1) is 32.8. The number of para-hydroxylation sites is 1. The zero-order valence-corrected chi connectivity index (χ0v) is 31.6. The molecule has 0 saturated heterocycles. The number of rotatable bonds is 5. The van der Waals surface area contributed by atoms with Crippen molar-refractivity contribution in [2.24, 2.45) is 22.2 Å². The van der Waals surface area contributed by atoms with Crippen LogP contribution in [0.5, 0.6) is 0 Å². The molecule has 0 fully saturated rings. The highest BCUT2D eigenvalue weighted by atomic mass is 15.3. The maximum Gasteiger partial charge on any atom is 0.147 e. The van der Waals surface area contributed by atoms with Gasteiger partial charge >= 0.3 is 0 Å². The number of hydrogen-bond acceptors (Lipinski definition) is 2. The van der Waals surface area contributed by atoms with E-state index >= 15 is 0 Å². The van der Waals surface area contributed by atoms with Crippen molar-refractivity contribution >= 4 is 45.7 Å². The minimum Gasteiger partial charge on any atom is -0.352 e. The van der Waals surface area contributed by atoms with Gasteiger partial charge in [0.1, 0.15) is 6.17 Å². The minimum atomic E-state index is -0.136. The van der Waals surface area contributed by atoms with Crippen molar-refractivity contribution in [3.8, 4) is 11.4 Å². The Hall–Kier alpha value is -5.87. The molecule has 10 rings (SSSR count). The lowest BCUT2D eigenvalue weighted by molar-refractivity contribution is 0.251. The number of hydrogen-bond donors (Lipinski definition) is 0. The average Bonchev–Trinajstić information content (AvgIpc) is 3.70. The molecule has 4 nitrogen and oxygen atoms in total. The predicted octanol–water partition coefficient (Wildman–Crippen LogP) is 10.2. The Balaban J connectivity index is 1.08. The molecule has 0 bridgehead atoms. The third-order valence-electron chi connectivity index (χ3n) is 12.2. The Labute approximate surface area is 317 Å². The van der Waals surface area contributed by atoms with Crippen molar-refractivity contribution in [1.82, 2.24) is 14.0 Å². The van der Waals surface area contributed by atoms with Crippen LogP contribution < -0.4 is 10.6 Å². The summed E-state index contributed by atoms with van der Waals surface area (Å²) in [7, 11) is 2.20. The number of benzene rings is 4. The second kappa shape index (κ2) is 12.6. The molecule has 2 aromatic heterocycles. The molecule has 4 unspecified atom stereocenters. The number of nitrogens with zero attached hydrogens (tertiary/aromatic N) is 4. The SMILES string of the molecule is CC1C=c2c(c3ccccc3n2-c2ccc3c(c2)c2c(n3-c3ccc(C4N=C(c5ccccc5)C=C(C5(C)C=CC=CC5)N4C)cc3)C=CC(C)C2)=CC1. The van der Waals surface area contributed by atoms with Crippen LogP contribution >= 0.6 is 0 Å². The number of aliphatic imine (C=N–C) groups is 1. The van der Waals surface area contributed by atoms with Gasteiger partial charge in [-0.15, -0.1) is 0 Å². The summed E-state index contributed by atoms with van der Waals surface area (Å²) in [5.41, 5.74) is 12.2. The molecule has 0 saturated carbocycles. The molecule has 6 aromatic rings. The van der Waals surface area contributed by atoms with Crippen LogP contribution in [0, 0.1) is 17.3 Å². The van der Waals surface area contributed by atoms with Crippen molar-refractivity contribution in [3.05, 3.63) is 172 Å². The van der Waals surface area contributed by atoms with Crippen molar-refractivity contribution in [3.63, 3.8) is 0 Å². The second-order valence-electron chi connectivity index (χ2n) is 16.1. The number of allylic oxidation sites excluding steroid dienone is 6. The minimum absolute atomic E-state index is 0.107. The summed E-state index contributed by atoms with van der Waals surface area (Å²) in [6.45, 7) is 6.99. The Morgan fingerprint density at radius 3 is 2.37 bits per heavy atom. The number of aromatic nitrogens is 2. The van der Waals surface area contributed by atoms with Gasteiger partial charge in [-0.2, -0.15) is 0 Å². The van der Waals surface area contributed by atoms with Gasteiger partial charge in [-0.05, 0) is 96.3 Å². The van der Waals surface area contributed by atoms with Gasteiger partial charge in [0.15, 0.2) is 0 Å². The maximum atomic E-state index is 5.39. The summed E-state index contributed by atoms with van der Waals surface area (Å²) in [5, 5.41) is 5.36. The van der Waals surface area contributed by atoms with Crippen LogP contribution in [0.4, 0.5) is 0 Å². The van der Waals surface area contributed by atoms with Crippen LogP contribution in [0.3, 0.4) is 0 Å². The Kier molecular flexibility index (Phi) is 7.66. The van der Waals surface area contributed by atoms with Crippen LogP contribution in [-0.2, 0) is 6.42 Å². The lowest BCUT2D eigenvalue weighted by atomic mass is 9.78. The van der Waals surface area contributed by atoms with Crippen LogP contribution in [0.15, 0.2) is 144 Å². The van der Waals surface area contributed by atoms with Crippen LogP contribution in [-0.4, -0.2) is 26.8 Å². The molecule has 4 aromatic carbocycles. The van der Waals surface area contributed by atoms with E-state index in [-0.39, 0.29) is 11.6 Å². The van der Waals surface area contributed by atoms with E-state index in [1.165, 1.54) is 66.3 Å². The van der Waals surface area contributed by atoms with E-state index in [0.29, 0.717) is 11.8 Å². The average molecular weight is 703 g/mol. The molecular formula is C50H46N4. The highest BCUT2D eigenvalue weighted by molar-refractivity contribution is 6.09. The molecule has 4 heteroatoms. The first-order valence-electron chi connectivity index (χ1n) is 19.6. The summed E-state index contributed by atoms with van der Waals surface area (Å²) in [5.74, 6) is 1.01. The quantitative estimate of drug-likeness (QED) is 0.176. The van der Waals surface area contributed by atoms with Crippen LogP contribution in [0.25, 0.3) is 51.4 Å². The van der Waals surface area contributed by atoms with Gasteiger partial charge in [0, 0.05) is 51.2 Å².